The van der Waals surface area contributed by atoms with Crippen molar-refractivity contribution >= 4 is 5.91 Å². The van der Waals surface area contributed by atoms with Gasteiger partial charge in [0.25, 0.3) is 5.91 Å². The summed E-state index contributed by atoms with van der Waals surface area (Å²) in [4.78, 5) is 11.4. The Morgan fingerprint density at radius 3 is 2.56 bits per heavy atom. The minimum absolute atomic E-state index is 0.0277. The molecule has 0 spiro atoms. The number of hydrogen-bond acceptors (Lipinski definition) is 4. The highest BCUT2D eigenvalue weighted by Crippen LogP contribution is 2.31. The van der Waals surface area contributed by atoms with Gasteiger partial charge in [-0.15, -0.1) is 0 Å². The van der Waals surface area contributed by atoms with Crippen molar-refractivity contribution in [1.82, 2.24) is 15.4 Å². The molecule has 1 aromatic heterocycles. The lowest BCUT2D eigenvalue weighted by molar-refractivity contribution is 0.0996. The SMILES string of the molecule is NC(=O)c1n[nH]nc1-c1ccc(F)cc1OCc1cc(F)ccc1F. The number of aromatic amines is 1. The number of carbonyl (C=O) groups is 1. The number of ether oxygens (including phenoxy) is 1. The van der Waals surface area contributed by atoms with E-state index in [-0.39, 0.29) is 34.9 Å². The number of rotatable bonds is 5. The Balaban J connectivity index is 1.96. The van der Waals surface area contributed by atoms with Gasteiger partial charge in [0, 0.05) is 17.2 Å². The van der Waals surface area contributed by atoms with Crippen LogP contribution in [0.2, 0.25) is 0 Å². The molecule has 0 aliphatic rings. The van der Waals surface area contributed by atoms with E-state index in [0.717, 1.165) is 30.3 Å². The lowest BCUT2D eigenvalue weighted by atomic mass is 10.1. The van der Waals surface area contributed by atoms with E-state index in [0.29, 0.717) is 0 Å². The van der Waals surface area contributed by atoms with E-state index in [4.69, 9.17) is 10.5 Å². The van der Waals surface area contributed by atoms with Gasteiger partial charge < -0.3 is 10.5 Å². The van der Waals surface area contributed by atoms with Gasteiger partial charge >= 0.3 is 0 Å². The maximum atomic E-state index is 13.7. The number of hydrogen-bond donors (Lipinski definition) is 2. The van der Waals surface area contributed by atoms with E-state index >= 15 is 0 Å². The van der Waals surface area contributed by atoms with Gasteiger partial charge in [-0.3, -0.25) is 4.79 Å². The number of H-pyrrole nitrogens is 1. The molecule has 25 heavy (non-hydrogen) atoms. The van der Waals surface area contributed by atoms with Crippen molar-refractivity contribution in [3.05, 3.63) is 65.1 Å². The number of carbonyl (C=O) groups excluding carboxylic acids is 1. The Bertz CT molecular complexity index is 943. The zero-order chi connectivity index (χ0) is 18.0. The molecule has 3 aromatic rings. The summed E-state index contributed by atoms with van der Waals surface area (Å²) >= 11 is 0. The zero-order valence-electron chi connectivity index (χ0n) is 12.6. The summed E-state index contributed by atoms with van der Waals surface area (Å²) in [5, 5.41) is 9.69. The Kier molecular flexibility index (Phi) is 4.38. The number of nitrogens with one attached hydrogen (secondary N) is 1. The topological polar surface area (TPSA) is 93.9 Å². The second kappa shape index (κ2) is 6.63. The Labute approximate surface area is 139 Å². The third kappa shape index (κ3) is 3.44. The van der Waals surface area contributed by atoms with Gasteiger partial charge in [-0.2, -0.15) is 15.4 Å². The van der Waals surface area contributed by atoms with Gasteiger partial charge in [0.15, 0.2) is 5.69 Å². The van der Waals surface area contributed by atoms with Crippen LogP contribution in [-0.2, 0) is 6.61 Å². The third-order valence-electron chi connectivity index (χ3n) is 3.37. The molecule has 0 fully saturated rings. The van der Waals surface area contributed by atoms with Crippen molar-refractivity contribution in [2.45, 2.75) is 6.61 Å². The zero-order valence-corrected chi connectivity index (χ0v) is 12.6. The number of benzene rings is 2. The Morgan fingerprint density at radius 2 is 1.80 bits per heavy atom. The second-order valence-corrected chi connectivity index (χ2v) is 5.05. The molecule has 0 unspecified atom stereocenters. The predicted octanol–water partition coefficient (Wildman–Crippen LogP) is 2.57. The number of nitrogens with two attached hydrogens (primary N) is 1. The lowest BCUT2D eigenvalue weighted by Gasteiger charge is -2.11. The van der Waals surface area contributed by atoms with Crippen LogP contribution < -0.4 is 10.5 Å². The summed E-state index contributed by atoms with van der Waals surface area (Å²) in [5.41, 5.74) is 5.28. The first-order valence-electron chi connectivity index (χ1n) is 7.03. The largest absolute Gasteiger partial charge is 0.488 e. The normalized spacial score (nSPS) is 10.7. The van der Waals surface area contributed by atoms with Crippen LogP contribution in [0.5, 0.6) is 5.75 Å². The molecule has 128 valence electrons. The van der Waals surface area contributed by atoms with Crippen LogP contribution in [0.4, 0.5) is 13.2 Å². The average Bonchev–Trinajstić information content (AvgIpc) is 3.05. The average molecular weight is 348 g/mol. The highest BCUT2D eigenvalue weighted by molar-refractivity contribution is 5.97. The fraction of sp³-hybridized carbons (Fsp3) is 0.0625. The third-order valence-corrected chi connectivity index (χ3v) is 3.37. The van der Waals surface area contributed by atoms with Gasteiger partial charge in [-0.05, 0) is 30.3 Å². The van der Waals surface area contributed by atoms with Gasteiger partial charge in [0.1, 0.15) is 35.5 Å². The smallest absolute Gasteiger partial charge is 0.271 e. The predicted molar refractivity (Wildman–Crippen MR) is 81.0 cm³/mol. The first-order chi connectivity index (χ1) is 12.0. The Morgan fingerprint density at radius 1 is 1.08 bits per heavy atom. The molecule has 1 amide bonds. The number of halogens is 3. The standard InChI is InChI=1S/C16H11F3N4O2/c17-9-2-4-12(19)8(5-9)7-25-13-6-10(18)1-3-11(13)14-15(16(20)24)22-23-21-14/h1-6H,7H2,(H2,20,24)(H,21,22,23). The fourth-order valence-corrected chi connectivity index (χ4v) is 2.21. The van der Waals surface area contributed by atoms with E-state index in [1.807, 2.05) is 0 Å². The van der Waals surface area contributed by atoms with Crippen LogP contribution in [0.15, 0.2) is 36.4 Å². The van der Waals surface area contributed by atoms with E-state index in [1.54, 1.807) is 0 Å². The maximum Gasteiger partial charge on any atom is 0.271 e. The minimum Gasteiger partial charge on any atom is -0.488 e. The van der Waals surface area contributed by atoms with Gasteiger partial charge in [0.2, 0.25) is 0 Å². The second-order valence-electron chi connectivity index (χ2n) is 5.05. The van der Waals surface area contributed by atoms with Crippen molar-refractivity contribution in [1.29, 1.82) is 0 Å². The number of aromatic nitrogens is 3. The van der Waals surface area contributed by atoms with Crippen molar-refractivity contribution in [3.8, 4) is 17.0 Å². The fourth-order valence-electron chi connectivity index (χ4n) is 2.21. The van der Waals surface area contributed by atoms with Crippen LogP contribution >= 0.6 is 0 Å². The number of primary amides is 1. The van der Waals surface area contributed by atoms with Crippen LogP contribution in [0, 0.1) is 17.5 Å². The molecule has 6 nitrogen and oxygen atoms in total. The van der Waals surface area contributed by atoms with Crippen LogP contribution in [0.3, 0.4) is 0 Å². The van der Waals surface area contributed by atoms with Gasteiger partial charge in [-0.1, -0.05) is 0 Å². The van der Waals surface area contributed by atoms with Gasteiger partial charge in [0.05, 0.1) is 0 Å². The molecular weight excluding hydrogens is 337 g/mol. The molecule has 3 N–H and O–H groups in total. The summed E-state index contributed by atoms with van der Waals surface area (Å²) in [6, 6.07) is 6.39. The first kappa shape index (κ1) is 16.5. The van der Waals surface area contributed by atoms with E-state index in [1.165, 1.54) is 6.07 Å². The molecule has 0 saturated heterocycles. The minimum atomic E-state index is -0.838. The summed E-state index contributed by atoms with van der Waals surface area (Å²) in [7, 11) is 0. The monoisotopic (exact) mass is 348 g/mol. The lowest BCUT2D eigenvalue weighted by Crippen LogP contribution is -2.13. The summed E-state index contributed by atoms with van der Waals surface area (Å²) in [5.74, 6) is -2.79. The van der Waals surface area contributed by atoms with E-state index in [2.05, 4.69) is 15.4 Å². The van der Waals surface area contributed by atoms with Crippen LogP contribution in [0.1, 0.15) is 16.1 Å². The first-order valence-corrected chi connectivity index (χ1v) is 7.03. The molecular formula is C16H11F3N4O2. The van der Waals surface area contributed by atoms with Crippen LogP contribution in [0.25, 0.3) is 11.3 Å². The van der Waals surface area contributed by atoms with Crippen molar-refractivity contribution in [2.24, 2.45) is 5.73 Å². The highest BCUT2D eigenvalue weighted by atomic mass is 19.1. The summed E-state index contributed by atoms with van der Waals surface area (Å²) in [6.45, 7) is -0.357. The van der Waals surface area contributed by atoms with Crippen molar-refractivity contribution in [3.63, 3.8) is 0 Å². The molecule has 9 heteroatoms. The van der Waals surface area contributed by atoms with E-state index in [9.17, 15) is 18.0 Å². The molecule has 2 aromatic carbocycles. The molecule has 0 radical (unpaired) electrons. The number of nitrogens with zero attached hydrogens (tertiary/aromatic N) is 2. The van der Waals surface area contributed by atoms with Crippen LogP contribution in [-0.4, -0.2) is 21.3 Å². The summed E-state index contributed by atoms with van der Waals surface area (Å²) in [6.07, 6.45) is 0. The maximum absolute atomic E-state index is 13.7. The molecule has 3 rings (SSSR count). The Hall–Kier alpha value is -3.36. The van der Waals surface area contributed by atoms with E-state index < -0.39 is 23.4 Å². The molecule has 0 aliphatic carbocycles. The molecule has 0 bridgehead atoms. The number of amides is 1. The molecule has 1 heterocycles. The molecule has 0 atom stereocenters. The molecule has 0 saturated carbocycles. The van der Waals surface area contributed by atoms with Gasteiger partial charge in [-0.25, -0.2) is 13.2 Å². The highest BCUT2D eigenvalue weighted by Gasteiger charge is 2.19. The van der Waals surface area contributed by atoms with Crippen molar-refractivity contribution in [2.75, 3.05) is 0 Å². The quantitative estimate of drug-likeness (QED) is 0.741. The molecule has 0 aliphatic heterocycles. The summed E-state index contributed by atoms with van der Waals surface area (Å²) < 4.78 is 45.9. The van der Waals surface area contributed by atoms with Crippen molar-refractivity contribution < 1.29 is 22.7 Å².